The Hall–Kier alpha value is -3.56. The van der Waals surface area contributed by atoms with Crippen molar-refractivity contribution >= 4 is 28.4 Å². The highest BCUT2D eigenvalue weighted by atomic mass is 19.4. The number of H-pyrrole nitrogens is 1. The fourth-order valence-electron chi connectivity index (χ4n) is 4.85. The lowest BCUT2D eigenvalue weighted by Gasteiger charge is -2.45. The largest absolute Gasteiger partial charge is 0.417 e. The first-order chi connectivity index (χ1) is 17.3. The van der Waals surface area contributed by atoms with Gasteiger partial charge in [-0.2, -0.15) is 36.5 Å². The van der Waals surface area contributed by atoms with Crippen LogP contribution in [0.3, 0.4) is 0 Å². The zero-order valence-electron chi connectivity index (χ0n) is 19.3. The molecule has 3 aromatic rings. The molecule has 1 unspecified atom stereocenters. The lowest BCUT2D eigenvalue weighted by Crippen LogP contribution is -2.60. The Morgan fingerprint density at radius 3 is 2.54 bits per heavy atom. The van der Waals surface area contributed by atoms with E-state index in [4.69, 9.17) is 0 Å². The van der Waals surface area contributed by atoms with E-state index in [1.807, 2.05) is 0 Å². The number of aromatic amines is 1. The van der Waals surface area contributed by atoms with Crippen LogP contribution in [0.15, 0.2) is 18.5 Å². The van der Waals surface area contributed by atoms with E-state index in [-0.39, 0.29) is 35.0 Å². The Morgan fingerprint density at radius 2 is 1.92 bits per heavy atom. The summed E-state index contributed by atoms with van der Waals surface area (Å²) in [6.07, 6.45) is -7.33. The molecule has 0 radical (unpaired) electrons. The molecule has 1 aliphatic carbocycles. The molecule has 1 saturated carbocycles. The molecular formula is C21H22F6N8O2. The number of fused-ring (bicyclic) bond motifs is 1. The monoisotopic (exact) mass is 532 g/mol. The lowest BCUT2D eigenvalue weighted by atomic mass is 9.84. The molecule has 37 heavy (non-hydrogen) atoms. The number of likely N-dealkylation sites (tertiary alicyclic amines) is 1. The molecule has 200 valence electrons. The third kappa shape index (κ3) is 4.42. The number of carbonyl (C=O) groups is 1. The highest BCUT2D eigenvalue weighted by Crippen LogP contribution is 2.55. The minimum absolute atomic E-state index is 0.137. The molecule has 3 aromatic heterocycles. The summed E-state index contributed by atoms with van der Waals surface area (Å²) in [5.74, 6) is 0.204. The summed E-state index contributed by atoms with van der Waals surface area (Å²) in [7, 11) is 1.51. The number of carbonyl (C=O) groups excluding carboxylic acids is 1. The van der Waals surface area contributed by atoms with Gasteiger partial charge in [-0.3, -0.25) is 14.8 Å². The van der Waals surface area contributed by atoms with Crippen molar-refractivity contribution < 1.29 is 36.2 Å². The zero-order valence-corrected chi connectivity index (χ0v) is 19.3. The maximum atomic E-state index is 13.4. The van der Waals surface area contributed by atoms with Crippen LogP contribution < -0.4 is 10.6 Å². The number of rotatable bonds is 4. The van der Waals surface area contributed by atoms with Gasteiger partial charge in [-0.15, -0.1) is 0 Å². The minimum atomic E-state index is -4.81. The van der Waals surface area contributed by atoms with Crippen molar-refractivity contribution in [2.24, 2.45) is 0 Å². The number of alkyl halides is 6. The number of aromatic nitrogens is 5. The third-order valence-electron chi connectivity index (χ3n) is 6.88. The Balaban J connectivity index is 1.41. The average Bonchev–Trinajstić information content (AvgIpc) is 3.24. The quantitative estimate of drug-likeness (QED) is 0.378. The van der Waals surface area contributed by atoms with Crippen molar-refractivity contribution in [3.05, 3.63) is 18.5 Å². The number of anilines is 2. The molecule has 5 rings (SSSR count). The molecular weight excluding hydrogens is 510 g/mol. The number of hydrogen-bond donors (Lipinski definition) is 4. The van der Waals surface area contributed by atoms with E-state index < -0.39 is 48.9 Å². The predicted molar refractivity (Wildman–Crippen MR) is 119 cm³/mol. The van der Waals surface area contributed by atoms with E-state index >= 15 is 0 Å². The van der Waals surface area contributed by atoms with Gasteiger partial charge in [-0.05, 0) is 18.9 Å². The highest BCUT2D eigenvalue weighted by molar-refractivity contribution is 5.96. The number of nitrogens with one attached hydrogen (secondary N) is 3. The fourth-order valence-corrected chi connectivity index (χ4v) is 4.85. The van der Waals surface area contributed by atoms with Crippen molar-refractivity contribution in [2.75, 3.05) is 24.2 Å². The van der Waals surface area contributed by atoms with Gasteiger partial charge in [0.2, 0.25) is 0 Å². The van der Waals surface area contributed by atoms with E-state index in [2.05, 4.69) is 30.9 Å². The predicted octanol–water partition coefficient (Wildman–Crippen LogP) is 3.88. The number of pyridine rings is 1. The summed E-state index contributed by atoms with van der Waals surface area (Å²) >= 11 is 0. The van der Waals surface area contributed by atoms with Gasteiger partial charge in [0.25, 0.3) is 0 Å². The van der Waals surface area contributed by atoms with E-state index in [1.54, 1.807) is 0 Å². The molecule has 1 aliphatic heterocycles. The molecule has 0 aromatic carbocycles. The van der Waals surface area contributed by atoms with E-state index in [1.165, 1.54) is 30.4 Å². The standard InChI is InChI=1S/C21H22F6N8O2/c1-28-16-11-7-29-12(6-14(11)35(33-16)10-20(22,23)24)15-13(8-30-32-15)31-17(36)34-5-4-19(37,21(25,26)27)9-18(34)2-3-18/h6-8,37H,2-5,9-10H2,1H3,(H,28,33)(H,30,32)(H,31,36). The first-order valence-electron chi connectivity index (χ1n) is 11.3. The third-order valence-corrected chi connectivity index (χ3v) is 6.88. The number of piperidine rings is 1. The number of halogens is 6. The molecule has 10 nitrogen and oxygen atoms in total. The SMILES string of the molecule is CNc1nn(CC(F)(F)F)c2cc(-c3[nH]ncc3NC(=O)N3CCC(O)(C(F)(F)F)CC34CC4)ncc12. The normalized spacial score (nSPS) is 21.5. The summed E-state index contributed by atoms with van der Waals surface area (Å²) in [5.41, 5.74) is -3.32. The second-order valence-electron chi connectivity index (χ2n) is 9.38. The van der Waals surface area contributed by atoms with Crippen LogP contribution in [0.4, 0.5) is 42.6 Å². The maximum absolute atomic E-state index is 13.4. The van der Waals surface area contributed by atoms with Gasteiger partial charge >= 0.3 is 18.4 Å². The molecule has 1 spiro atoms. The van der Waals surface area contributed by atoms with Crippen LogP contribution in [0.5, 0.6) is 0 Å². The highest BCUT2D eigenvalue weighted by Gasteiger charge is 2.65. The number of hydrogen-bond acceptors (Lipinski definition) is 6. The van der Waals surface area contributed by atoms with Crippen LogP contribution in [0.2, 0.25) is 0 Å². The number of aliphatic hydroxyl groups is 1. The summed E-state index contributed by atoms with van der Waals surface area (Å²) in [4.78, 5) is 18.6. The first kappa shape index (κ1) is 25.1. The number of urea groups is 1. The maximum Gasteiger partial charge on any atom is 0.417 e. The van der Waals surface area contributed by atoms with Crippen LogP contribution >= 0.6 is 0 Å². The van der Waals surface area contributed by atoms with Crippen LogP contribution in [0, 0.1) is 0 Å². The summed E-state index contributed by atoms with van der Waals surface area (Å²) in [6, 6.07) is 0.690. The van der Waals surface area contributed by atoms with Crippen LogP contribution in [0.1, 0.15) is 25.7 Å². The zero-order chi connectivity index (χ0) is 26.8. The van der Waals surface area contributed by atoms with Gasteiger partial charge < -0.3 is 20.6 Å². The molecule has 16 heteroatoms. The van der Waals surface area contributed by atoms with E-state index in [0.717, 1.165) is 4.68 Å². The van der Waals surface area contributed by atoms with Gasteiger partial charge in [0, 0.05) is 38.2 Å². The second kappa shape index (κ2) is 8.22. The molecule has 1 atom stereocenters. The van der Waals surface area contributed by atoms with Gasteiger partial charge in [-0.25, -0.2) is 4.79 Å². The van der Waals surface area contributed by atoms with Crippen molar-refractivity contribution in [3.8, 4) is 11.4 Å². The smallest absolute Gasteiger partial charge is 0.380 e. The Labute approximate surface area is 205 Å². The van der Waals surface area contributed by atoms with Crippen molar-refractivity contribution in [3.63, 3.8) is 0 Å². The van der Waals surface area contributed by atoms with Crippen molar-refractivity contribution in [1.29, 1.82) is 0 Å². The summed E-state index contributed by atoms with van der Waals surface area (Å²) < 4.78 is 80.1. The van der Waals surface area contributed by atoms with Crippen molar-refractivity contribution in [2.45, 2.75) is 55.7 Å². The van der Waals surface area contributed by atoms with Gasteiger partial charge in [0.15, 0.2) is 11.4 Å². The molecule has 0 bridgehead atoms. The van der Waals surface area contributed by atoms with Crippen molar-refractivity contribution in [1.82, 2.24) is 29.9 Å². The molecule has 4 heterocycles. The van der Waals surface area contributed by atoms with Gasteiger partial charge in [-0.1, -0.05) is 0 Å². The number of nitrogens with zero attached hydrogens (tertiary/aromatic N) is 5. The fraction of sp³-hybridized carbons (Fsp3) is 0.524. The van der Waals surface area contributed by atoms with E-state index in [9.17, 15) is 36.2 Å². The van der Waals surface area contributed by atoms with E-state index in [0.29, 0.717) is 18.2 Å². The molecule has 4 N–H and O–H groups in total. The molecule has 2 aliphatic rings. The Bertz CT molecular complexity index is 1340. The average molecular weight is 532 g/mol. The Kier molecular flexibility index (Phi) is 5.58. The first-order valence-corrected chi connectivity index (χ1v) is 11.3. The molecule has 1 saturated heterocycles. The minimum Gasteiger partial charge on any atom is -0.380 e. The van der Waals surface area contributed by atoms with Crippen LogP contribution in [0.25, 0.3) is 22.3 Å². The second-order valence-corrected chi connectivity index (χ2v) is 9.38. The van der Waals surface area contributed by atoms with Gasteiger partial charge in [0.05, 0.1) is 28.5 Å². The Morgan fingerprint density at radius 1 is 1.19 bits per heavy atom. The summed E-state index contributed by atoms with van der Waals surface area (Å²) in [5, 5.41) is 26.3. The number of amides is 2. The lowest BCUT2D eigenvalue weighted by molar-refractivity contribution is -0.277. The van der Waals surface area contributed by atoms with Gasteiger partial charge in [0.1, 0.15) is 12.2 Å². The topological polar surface area (TPSA) is 124 Å². The molecule has 2 fully saturated rings. The summed E-state index contributed by atoms with van der Waals surface area (Å²) in [6.45, 7) is -1.63. The molecule has 2 amide bonds. The van der Waals surface area contributed by atoms with Crippen LogP contribution in [-0.2, 0) is 6.54 Å². The van der Waals surface area contributed by atoms with Crippen LogP contribution in [-0.4, -0.2) is 78.1 Å².